The van der Waals surface area contributed by atoms with Crippen LogP contribution >= 0.6 is 11.6 Å². The highest BCUT2D eigenvalue weighted by molar-refractivity contribution is 6.33. The van der Waals surface area contributed by atoms with Crippen LogP contribution in [0.25, 0.3) is 0 Å². The van der Waals surface area contributed by atoms with E-state index in [-0.39, 0.29) is 22.1 Å². The van der Waals surface area contributed by atoms with Gasteiger partial charge < -0.3 is 4.74 Å². The van der Waals surface area contributed by atoms with Crippen LogP contribution in [0.1, 0.15) is 27.6 Å². The number of non-ortho nitro benzene ring substituents is 1. The van der Waals surface area contributed by atoms with Gasteiger partial charge in [0.15, 0.2) is 6.10 Å². The molecule has 0 saturated heterocycles. The van der Waals surface area contributed by atoms with Crippen LogP contribution in [0.5, 0.6) is 0 Å². The third-order valence-corrected chi connectivity index (χ3v) is 3.42. The highest BCUT2D eigenvalue weighted by Gasteiger charge is 2.23. The van der Waals surface area contributed by atoms with Crippen molar-refractivity contribution in [3.05, 3.63) is 74.8 Å². The lowest BCUT2D eigenvalue weighted by molar-refractivity contribution is -0.384. The van der Waals surface area contributed by atoms with Crippen LogP contribution in [0, 0.1) is 10.1 Å². The average molecular weight is 334 g/mol. The van der Waals surface area contributed by atoms with Gasteiger partial charge in [0.25, 0.3) is 5.69 Å². The zero-order valence-electron chi connectivity index (χ0n) is 12.1. The SMILES string of the molecule is C[C@H](OC(=O)c1cc([N+](=O)[O-])ccc1Cl)C(=O)c1ccccc1. The summed E-state index contributed by atoms with van der Waals surface area (Å²) in [6.45, 7) is 1.43. The topological polar surface area (TPSA) is 86.5 Å². The van der Waals surface area contributed by atoms with Crippen molar-refractivity contribution in [1.82, 2.24) is 0 Å². The van der Waals surface area contributed by atoms with E-state index < -0.39 is 17.0 Å². The molecule has 0 N–H and O–H groups in total. The molecular weight excluding hydrogens is 322 g/mol. The maximum atomic E-state index is 12.2. The van der Waals surface area contributed by atoms with Crippen molar-refractivity contribution in [1.29, 1.82) is 0 Å². The van der Waals surface area contributed by atoms with Gasteiger partial charge in [0, 0.05) is 17.7 Å². The van der Waals surface area contributed by atoms with Crippen molar-refractivity contribution in [2.24, 2.45) is 0 Å². The fourth-order valence-electron chi connectivity index (χ4n) is 1.90. The van der Waals surface area contributed by atoms with E-state index in [1.807, 2.05) is 0 Å². The van der Waals surface area contributed by atoms with Crippen molar-refractivity contribution in [2.45, 2.75) is 13.0 Å². The summed E-state index contributed by atoms with van der Waals surface area (Å²) >= 11 is 5.87. The molecule has 0 bridgehead atoms. The highest BCUT2D eigenvalue weighted by atomic mass is 35.5. The van der Waals surface area contributed by atoms with E-state index in [9.17, 15) is 19.7 Å². The Morgan fingerprint density at radius 1 is 1.17 bits per heavy atom. The van der Waals surface area contributed by atoms with Crippen LogP contribution in [0.2, 0.25) is 5.02 Å². The molecule has 0 aliphatic heterocycles. The van der Waals surface area contributed by atoms with Crippen LogP contribution in [-0.2, 0) is 4.74 Å². The summed E-state index contributed by atoms with van der Waals surface area (Å²) < 4.78 is 5.07. The molecular formula is C16H12ClNO5. The van der Waals surface area contributed by atoms with Crippen LogP contribution in [-0.4, -0.2) is 22.8 Å². The van der Waals surface area contributed by atoms with Gasteiger partial charge in [-0.05, 0) is 13.0 Å². The van der Waals surface area contributed by atoms with E-state index in [1.165, 1.54) is 19.1 Å². The molecule has 0 heterocycles. The van der Waals surface area contributed by atoms with Gasteiger partial charge in [0.2, 0.25) is 5.78 Å². The van der Waals surface area contributed by atoms with Crippen molar-refractivity contribution < 1.29 is 19.2 Å². The first-order valence-corrected chi connectivity index (χ1v) is 7.02. The van der Waals surface area contributed by atoms with Crippen LogP contribution in [0.3, 0.4) is 0 Å². The van der Waals surface area contributed by atoms with Crippen LogP contribution in [0.15, 0.2) is 48.5 Å². The van der Waals surface area contributed by atoms with Gasteiger partial charge in [-0.15, -0.1) is 0 Å². The molecule has 2 aromatic rings. The first kappa shape index (κ1) is 16.6. The van der Waals surface area contributed by atoms with E-state index in [0.29, 0.717) is 5.56 Å². The fraction of sp³-hybridized carbons (Fsp3) is 0.125. The van der Waals surface area contributed by atoms with Gasteiger partial charge in [-0.3, -0.25) is 14.9 Å². The maximum absolute atomic E-state index is 12.2. The Balaban J connectivity index is 2.17. The molecule has 23 heavy (non-hydrogen) atoms. The van der Waals surface area contributed by atoms with Crippen molar-refractivity contribution >= 4 is 29.0 Å². The Morgan fingerprint density at radius 2 is 1.83 bits per heavy atom. The first-order valence-electron chi connectivity index (χ1n) is 6.64. The minimum atomic E-state index is -1.04. The summed E-state index contributed by atoms with van der Waals surface area (Å²) in [6, 6.07) is 11.8. The molecule has 0 amide bonds. The summed E-state index contributed by atoms with van der Waals surface area (Å²) in [5, 5.41) is 10.8. The summed E-state index contributed by atoms with van der Waals surface area (Å²) in [7, 11) is 0. The largest absolute Gasteiger partial charge is 0.451 e. The summed E-state index contributed by atoms with van der Waals surface area (Å²) in [5.41, 5.74) is -0.0464. The van der Waals surface area contributed by atoms with E-state index >= 15 is 0 Å². The number of halogens is 1. The van der Waals surface area contributed by atoms with Gasteiger partial charge in [-0.1, -0.05) is 41.9 Å². The highest BCUT2D eigenvalue weighted by Crippen LogP contribution is 2.23. The maximum Gasteiger partial charge on any atom is 0.340 e. The molecule has 0 unspecified atom stereocenters. The molecule has 7 heteroatoms. The zero-order valence-corrected chi connectivity index (χ0v) is 12.8. The zero-order chi connectivity index (χ0) is 17.0. The number of nitrogens with zero attached hydrogens (tertiary/aromatic N) is 1. The Kier molecular flexibility index (Phi) is 5.08. The first-order chi connectivity index (χ1) is 10.9. The third-order valence-electron chi connectivity index (χ3n) is 3.09. The molecule has 0 radical (unpaired) electrons. The number of Topliss-reactive ketones (excluding diaryl/α,β-unsaturated/α-hetero) is 1. The minimum absolute atomic E-state index is 0.0139. The Morgan fingerprint density at radius 3 is 2.43 bits per heavy atom. The van der Waals surface area contributed by atoms with Crippen LogP contribution in [0.4, 0.5) is 5.69 Å². The Hall–Kier alpha value is -2.73. The van der Waals surface area contributed by atoms with Crippen molar-refractivity contribution in [3.8, 4) is 0 Å². The van der Waals surface area contributed by atoms with Gasteiger partial charge in [0.05, 0.1) is 15.5 Å². The number of ether oxygens (including phenoxy) is 1. The molecule has 6 nitrogen and oxygen atoms in total. The lowest BCUT2D eigenvalue weighted by atomic mass is 10.1. The summed E-state index contributed by atoms with van der Waals surface area (Å²) in [6.07, 6.45) is -1.04. The molecule has 2 rings (SSSR count). The predicted molar refractivity (Wildman–Crippen MR) is 83.8 cm³/mol. The second kappa shape index (κ2) is 7.02. The minimum Gasteiger partial charge on any atom is -0.451 e. The number of benzene rings is 2. The molecule has 0 fully saturated rings. The number of hydrogen-bond acceptors (Lipinski definition) is 5. The number of carbonyl (C=O) groups excluding carboxylic acids is 2. The quantitative estimate of drug-likeness (QED) is 0.360. The van der Waals surface area contributed by atoms with Crippen LogP contribution < -0.4 is 0 Å². The number of hydrogen-bond donors (Lipinski definition) is 0. The number of nitro benzene ring substituents is 1. The molecule has 0 saturated carbocycles. The molecule has 0 aliphatic rings. The van der Waals surface area contributed by atoms with Gasteiger partial charge >= 0.3 is 5.97 Å². The third kappa shape index (κ3) is 3.92. The molecule has 2 aromatic carbocycles. The standard InChI is InChI=1S/C16H12ClNO5/c1-10(15(19)11-5-3-2-4-6-11)23-16(20)13-9-12(18(21)22)7-8-14(13)17/h2-10H,1H3/t10-/m0/s1. The average Bonchev–Trinajstić information content (AvgIpc) is 2.54. The number of nitro groups is 1. The van der Waals surface area contributed by atoms with E-state index in [0.717, 1.165) is 6.07 Å². The summed E-state index contributed by atoms with van der Waals surface area (Å²) in [5.74, 6) is -1.27. The summed E-state index contributed by atoms with van der Waals surface area (Å²) in [4.78, 5) is 34.4. The number of rotatable bonds is 5. The molecule has 0 spiro atoms. The van der Waals surface area contributed by atoms with Crippen molar-refractivity contribution in [2.75, 3.05) is 0 Å². The Labute approximate surface area is 136 Å². The lowest BCUT2D eigenvalue weighted by Crippen LogP contribution is -2.24. The number of carbonyl (C=O) groups is 2. The predicted octanol–water partition coefficient (Wildman–Crippen LogP) is 3.68. The molecule has 0 aromatic heterocycles. The fourth-order valence-corrected chi connectivity index (χ4v) is 2.09. The normalized spacial score (nSPS) is 11.6. The number of esters is 1. The van der Waals surface area contributed by atoms with Gasteiger partial charge in [0.1, 0.15) is 0 Å². The monoisotopic (exact) mass is 333 g/mol. The van der Waals surface area contributed by atoms with E-state index in [1.54, 1.807) is 30.3 Å². The molecule has 1 atom stereocenters. The van der Waals surface area contributed by atoms with E-state index in [4.69, 9.17) is 16.3 Å². The molecule has 0 aliphatic carbocycles. The molecule has 118 valence electrons. The van der Waals surface area contributed by atoms with Gasteiger partial charge in [-0.2, -0.15) is 0 Å². The Bertz CT molecular complexity index is 760. The lowest BCUT2D eigenvalue weighted by Gasteiger charge is -2.13. The van der Waals surface area contributed by atoms with Crippen molar-refractivity contribution in [3.63, 3.8) is 0 Å². The second-order valence-electron chi connectivity index (χ2n) is 4.70. The number of ketones is 1. The van der Waals surface area contributed by atoms with E-state index in [2.05, 4.69) is 0 Å². The smallest absolute Gasteiger partial charge is 0.340 e. The van der Waals surface area contributed by atoms with Gasteiger partial charge in [-0.25, -0.2) is 4.79 Å². The second-order valence-corrected chi connectivity index (χ2v) is 5.11.